The van der Waals surface area contributed by atoms with E-state index in [9.17, 15) is 19.5 Å². The van der Waals surface area contributed by atoms with Gasteiger partial charge in [-0.15, -0.1) is 0 Å². The predicted octanol–water partition coefficient (Wildman–Crippen LogP) is 2.89. The van der Waals surface area contributed by atoms with E-state index < -0.39 is 23.4 Å². The molecule has 0 radical (unpaired) electrons. The number of aliphatic carboxylic acids is 2. The SMILES string of the molecule is C=Cc1ccc(C(=O)N(CC)[C@@](CC)(CCC(=O)O)C(=O)O)cc1. The van der Waals surface area contributed by atoms with E-state index in [2.05, 4.69) is 6.58 Å². The molecular weight excluding hydrogens is 310 g/mol. The molecule has 0 saturated carbocycles. The van der Waals surface area contributed by atoms with Crippen LogP contribution in [-0.4, -0.2) is 45.0 Å². The van der Waals surface area contributed by atoms with Gasteiger partial charge in [-0.3, -0.25) is 9.59 Å². The van der Waals surface area contributed by atoms with Gasteiger partial charge in [0.2, 0.25) is 0 Å². The normalized spacial score (nSPS) is 12.9. The number of carbonyl (C=O) groups is 3. The lowest BCUT2D eigenvalue weighted by Gasteiger charge is -2.39. The van der Waals surface area contributed by atoms with Gasteiger partial charge in [-0.1, -0.05) is 31.7 Å². The summed E-state index contributed by atoms with van der Waals surface area (Å²) < 4.78 is 0. The largest absolute Gasteiger partial charge is 0.481 e. The number of likely N-dealkylation sites (N-methyl/N-ethyl adjacent to an activating group) is 1. The van der Waals surface area contributed by atoms with Crippen LogP contribution in [-0.2, 0) is 9.59 Å². The van der Waals surface area contributed by atoms with Gasteiger partial charge in [0.05, 0.1) is 0 Å². The maximum Gasteiger partial charge on any atom is 0.329 e. The molecule has 1 aromatic carbocycles. The fourth-order valence-electron chi connectivity index (χ4n) is 2.75. The average Bonchev–Trinajstić information content (AvgIpc) is 2.57. The number of hydrogen-bond donors (Lipinski definition) is 2. The lowest BCUT2D eigenvalue weighted by molar-refractivity contribution is -0.151. The molecule has 1 aromatic rings. The number of nitrogens with zero attached hydrogens (tertiary/aromatic N) is 1. The summed E-state index contributed by atoms with van der Waals surface area (Å²) in [7, 11) is 0. The van der Waals surface area contributed by atoms with Crippen molar-refractivity contribution in [2.24, 2.45) is 0 Å². The highest BCUT2D eigenvalue weighted by Crippen LogP contribution is 2.28. The van der Waals surface area contributed by atoms with Crippen molar-refractivity contribution in [3.8, 4) is 0 Å². The van der Waals surface area contributed by atoms with Crippen LogP contribution in [0.4, 0.5) is 0 Å². The first-order chi connectivity index (χ1) is 11.3. The number of benzene rings is 1. The van der Waals surface area contributed by atoms with Gasteiger partial charge < -0.3 is 15.1 Å². The quantitative estimate of drug-likeness (QED) is 0.724. The number of carboxylic acids is 2. The predicted molar refractivity (Wildman–Crippen MR) is 90.8 cm³/mol. The molecule has 0 aliphatic heterocycles. The summed E-state index contributed by atoms with van der Waals surface area (Å²) in [6.07, 6.45) is 1.31. The molecule has 0 bridgehead atoms. The van der Waals surface area contributed by atoms with Gasteiger partial charge in [0.25, 0.3) is 5.91 Å². The highest BCUT2D eigenvalue weighted by molar-refractivity contribution is 5.98. The Morgan fingerprint density at radius 3 is 2.12 bits per heavy atom. The molecule has 6 nitrogen and oxygen atoms in total. The van der Waals surface area contributed by atoms with Crippen LogP contribution in [0.3, 0.4) is 0 Å². The third kappa shape index (κ3) is 4.01. The molecule has 24 heavy (non-hydrogen) atoms. The minimum atomic E-state index is -1.54. The molecule has 0 fully saturated rings. The number of carboxylic acid groups (broad SMARTS) is 2. The Kier molecular flexibility index (Phi) is 6.70. The second kappa shape index (κ2) is 8.29. The van der Waals surface area contributed by atoms with Crippen LogP contribution < -0.4 is 0 Å². The molecule has 1 amide bonds. The van der Waals surface area contributed by atoms with Crippen molar-refractivity contribution in [1.29, 1.82) is 0 Å². The van der Waals surface area contributed by atoms with Crippen molar-refractivity contribution in [1.82, 2.24) is 4.90 Å². The molecule has 130 valence electrons. The van der Waals surface area contributed by atoms with Gasteiger partial charge in [-0.2, -0.15) is 0 Å². The van der Waals surface area contributed by atoms with Gasteiger partial charge in [-0.05, 0) is 37.5 Å². The summed E-state index contributed by atoms with van der Waals surface area (Å²) in [5, 5.41) is 18.6. The Bertz CT molecular complexity index is 623. The van der Waals surface area contributed by atoms with Crippen LogP contribution in [0.25, 0.3) is 6.08 Å². The van der Waals surface area contributed by atoms with E-state index in [4.69, 9.17) is 5.11 Å². The Morgan fingerprint density at radius 2 is 1.75 bits per heavy atom. The number of carbonyl (C=O) groups excluding carboxylic acids is 1. The summed E-state index contributed by atoms with van der Waals surface area (Å²) in [6.45, 7) is 7.14. The second-order valence-corrected chi connectivity index (χ2v) is 5.46. The standard InChI is InChI=1S/C18H23NO5/c1-4-13-7-9-14(10-8-13)16(22)19(6-3)18(5-2,17(23)24)12-11-15(20)21/h4,7-10H,1,5-6,11-12H2,2-3H3,(H,20,21)(H,23,24)/t18-/m0/s1. The highest BCUT2D eigenvalue weighted by atomic mass is 16.4. The Hall–Kier alpha value is -2.63. The molecule has 0 spiro atoms. The highest BCUT2D eigenvalue weighted by Gasteiger charge is 2.44. The molecule has 1 rings (SSSR count). The molecule has 6 heteroatoms. The van der Waals surface area contributed by atoms with Crippen molar-refractivity contribution in [2.45, 2.75) is 38.6 Å². The zero-order valence-corrected chi connectivity index (χ0v) is 14.0. The van der Waals surface area contributed by atoms with Gasteiger partial charge in [0.15, 0.2) is 0 Å². The molecule has 2 N–H and O–H groups in total. The van der Waals surface area contributed by atoms with E-state index in [1.54, 1.807) is 44.2 Å². The Labute approximate surface area is 141 Å². The Morgan fingerprint density at radius 1 is 1.17 bits per heavy atom. The molecule has 0 saturated heterocycles. The third-order valence-corrected chi connectivity index (χ3v) is 4.21. The van der Waals surface area contributed by atoms with Crippen LogP contribution in [0.2, 0.25) is 0 Å². The Balaban J connectivity index is 3.24. The number of hydrogen-bond acceptors (Lipinski definition) is 3. The van der Waals surface area contributed by atoms with Crippen LogP contribution in [0.1, 0.15) is 49.0 Å². The number of amides is 1. The van der Waals surface area contributed by atoms with Crippen molar-refractivity contribution >= 4 is 23.9 Å². The van der Waals surface area contributed by atoms with Crippen molar-refractivity contribution in [2.75, 3.05) is 6.54 Å². The monoisotopic (exact) mass is 333 g/mol. The van der Waals surface area contributed by atoms with Crippen molar-refractivity contribution in [3.63, 3.8) is 0 Å². The van der Waals surface area contributed by atoms with Crippen LogP contribution in [0.5, 0.6) is 0 Å². The van der Waals surface area contributed by atoms with E-state index in [0.717, 1.165) is 5.56 Å². The van der Waals surface area contributed by atoms with Gasteiger partial charge >= 0.3 is 11.9 Å². The topological polar surface area (TPSA) is 94.9 Å². The molecule has 0 aromatic heterocycles. The van der Waals surface area contributed by atoms with E-state index in [1.807, 2.05) is 0 Å². The maximum absolute atomic E-state index is 12.8. The van der Waals surface area contributed by atoms with E-state index in [1.165, 1.54) is 4.90 Å². The van der Waals surface area contributed by atoms with Crippen LogP contribution in [0, 0.1) is 0 Å². The summed E-state index contributed by atoms with van der Waals surface area (Å²) in [6, 6.07) is 6.67. The lowest BCUT2D eigenvalue weighted by atomic mass is 9.87. The van der Waals surface area contributed by atoms with E-state index in [0.29, 0.717) is 5.56 Å². The zero-order valence-electron chi connectivity index (χ0n) is 14.0. The van der Waals surface area contributed by atoms with E-state index >= 15 is 0 Å². The minimum Gasteiger partial charge on any atom is -0.481 e. The zero-order chi connectivity index (χ0) is 18.3. The smallest absolute Gasteiger partial charge is 0.329 e. The summed E-state index contributed by atoms with van der Waals surface area (Å²) in [5.74, 6) is -2.71. The first kappa shape index (κ1) is 19.4. The molecule has 0 aliphatic rings. The summed E-state index contributed by atoms with van der Waals surface area (Å²) in [5.41, 5.74) is -0.334. The third-order valence-electron chi connectivity index (χ3n) is 4.21. The average molecular weight is 333 g/mol. The van der Waals surface area contributed by atoms with E-state index in [-0.39, 0.29) is 25.8 Å². The van der Waals surface area contributed by atoms with Gasteiger partial charge in [-0.25, -0.2) is 4.79 Å². The van der Waals surface area contributed by atoms with Gasteiger partial charge in [0.1, 0.15) is 5.54 Å². The molecule has 1 atom stereocenters. The number of rotatable bonds is 9. The first-order valence-corrected chi connectivity index (χ1v) is 7.82. The second-order valence-electron chi connectivity index (χ2n) is 5.46. The van der Waals surface area contributed by atoms with Gasteiger partial charge in [0, 0.05) is 18.5 Å². The van der Waals surface area contributed by atoms with Crippen molar-refractivity contribution in [3.05, 3.63) is 42.0 Å². The van der Waals surface area contributed by atoms with Crippen LogP contribution >= 0.6 is 0 Å². The fourth-order valence-corrected chi connectivity index (χ4v) is 2.75. The lowest BCUT2D eigenvalue weighted by Crippen LogP contribution is -2.57. The molecule has 0 aliphatic carbocycles. The summed E-state index contributed by atoms with van der Waals surface area (Å²) >= 11 is 0. The minimum absolute atomic E-state index is 0.125. The molecular formula is C18H23NO5. The molecule has 0 unspecified atom stereocenters. The first-order valence-electron chi connectivity index (χ1n) is 7.82. The fraction of sp³-hybridized carbons (Fsp3) is 0.389. The van der Waals surface area contributed by atoms with Crippen molar-refractivity contribution < 1.29 is 24.6 Å². The molecule has 0 heterocycles. The van der Waals surface area contributed by atoms with Crippen LogP contribution in [0.15, 0.2) is 30.8 Å². The maximum atomic E-state index is 12.8. The summed E-state index contributed by atoms with van der Waals surface area (Å²) in [4.78, 5) is 36.9.